The first-order valence-electron chi connectivity index (χ1n) is 12.0. The molecule has 1 aromatic heterocycles. The first kappa shape index (κ1) is 20.8. The standard InChI is InChI=1S/C27H33NO2S/c1-3-9-21(10-4-1)27-26(24-11-5-6-12-25(24)31-27)30-23-15-13-22(14-16-23)29-20-19-28-17-7-2-8-18-28/h5-6,11-16,21H,1-4,7-10,17-20H2. The van der Waals surface area contributed by atoms with Gasteiger partial charge in [-0.3, -0.25) is 4.90 Å². The van der Waals surface area contributed by atoms with Gasteiger partial charge in [0.2, 0.25) is 0 Å². The molecule has 0 N–H and O–H groups in total. The third-order valence-electron chi connectivity index (χ3n) is 6.72. The molecular formula is C27H33NO2S. The van der Waals surface area contributed by atoms with E-state index in [1.165, 1.54) is 79.4 Å². The SMILES string of the molecule is c1ccc2c(Oc3ccc(OCCN4CCCCC4)cc3)c(C3CCCCC3)sc2c1. The Hall–Kier alpha value is -2.04. The highest BCUT2D eigenvalue weighted by atomic mass is 32.1. The van der Waals surface area contributed by atoms with Crippen LogP contribution in [0.15, 0.2) is 48.5 Å². The van der Waals surface area contributed by atoms with Crippen LogP contribution < -0.4 is 9.47 Å². The van der Waals surface area contributed by atoms with E-state index in [2.05, 4.69) is 29.2 Å². The molecule has 0 spiro atoms. The van der Waals surface area contributed by atoms with Crippen LogP contribution >= 0.6 is 11.3 Å². The Labute approximate surface area is 190 Å². The molecule has 1 saturated carbocycles. The van der Waals surface area contributed by atoms with Crippen molar-refractivity contribution in [3.05, 3.63) is 53.4 Å². The monoisotopic (exact) mass is 435 g/mol. The molecule has 1 saturated heterocycles. The predicted molar refractivity (Wildman–Crippen MR) is 130 cm³/mol. The number of ether oxygens (including phenoxy) is 2. The summed E-state index contributed by atoms with van der Waals surface area (Å²) >= 11 is 1.92. The van der Waals surface area contributed by atoms with Crippen molar-refractivity contribution in [2.45, 2.75) is 57.3 Å². The molecule has 3 aromatic rings. The number of piperidine rings is 1. The fourth-order valence-corrected chi connectivity index (χ4v) is 6.28. The molecule has 0 radical (unpaired) electrons. The van der Waals surface area contributed by atoms with Crippen LogP contribution in [0.25, 0.3) is 10.1 Å². The minimum Gasteiger partial charge on any atom is -0.492 e. The number of rotatable bonds is 7. The molecule has 5 rings (SSSR count). The Kier molecular flexibility index (Phi) is 6.76. The number of hydrogen-bond donors (Lipinski definition) is 0. The number of likely N-dealkylation sites (tertiary alicyclic amines) is 1. The van der Waals surface area contributed by atoms with E-state index in [0.29, 0.717) is 5.92 Å². The van der Waals surface area contributed by atoms with Gasteiger partial charge in [0.25, 0.3) is 0 Å². The molecule has 0 unspecified atom stereocenters. The minimum absolute atomic E-state index is 0.638. The van der Waals surface area contributed by atoms with Crippen molar-refractivity contribution in [2.24, 2.45) is 0 Å². The van der Waals surface area contributed by atoms with E-state index in [4.69, 9.17) is 9.47 Å². The lowest BCUT2D eigenvalue weighted by Crippen LogP contribution is -2.33. The van der Waals surface area contributed by atoms with Gasteiger partial charge in [-0.2, -0.15) is 0 Å². The van der Waals surface area contributed by atoms with E-state index in [1.54, 1.807) is 0 Å². The molecule has 2 aromatic carbocycles. The molecule has 31 heavy (non-hydrogen) atoms. The summed E-state index contributed by atoms with van der Waals surface area (Å²) in [5.41, 5.74) is 0. The third-order valence-corrected chi connectivity index (χ3v) is 8.03. The average Bonchev–Trinajstić information content (AvgIpc) is 3.20. The second kappa shape index (κ2) is 10.1. The van der Waals surface area contributed by atoms with Gasteiger partial charge in [0.15, 0.2) is 0 Å². The molecule has 1 aliphatic heterocycles. The summed E-state index contributed by atoms with van der Waals surface area (Å²) in [5, 5.41) is 1.25. The van der Waals surface area contributed by atoms with Gasteiger partial charge in [0, 0.05) is 16.6 Å². The quantitative estimate of drug-likeness (QED) is 0.381. The van der Waals surface area contributed by atoms with Gasteiger partial charge in [0.1, 0.15) is 23.9 Å². The van der Waals surface area contributed by atoms with Gasteiger partial charge in [0.05, 0.1) is 4.88 Å². The smallest absolute Gasteiger partial charge is 0.149 e. The maximum atomic E-state index is 6.52. The summed E-state index contributed by atoms with van der Waals surface area (Å²) in [7, 11) is 0. The third kappa shape index (κ3) is 5.07. The Morgan fingerprint density at radius 1 is 0.806 bits per heavy atom. The lowest BCUT2D eigenvalue weighted by molar-refractivity contribution is 0.183. The van der Waals surface area contributed by atoms with Crippen LogP contribution in [-0.2, 0) is 0 Å². The minimum atomic E-state index is 0.638. The van der Waals surface area contributed by atoms with Crippen molar-refractivity contribution in [2.75, 3.05) is 26.2 Å². The maximum absolute atomic E-state index is 6.52. The Morgan fingerprint density at radius 3 is 2.32 bits per heavy atom. The van der Waals surface area contributed by atoms with E-state index >= 15 is 0 Å². The average molecular weight is 436 g/mol. The van der Waals surface area contributed by atoms with Crippen molar-refractivity contribution in [3.63, 3.8) is 0 Å². The lowest BCUT2D eigenvalue weighted by Gasteiger charge is -2.26. The molecule has 164 valence electrons. The highest BCUT2D eigenvalue weighted by molar-refractivity contribution is 7.19. The van der Waals surface area contributed by atoms with E-state index < -0.39 is 0 Å². The Bertz CT molecular complexity index is 969. The van der Waals surface area contributed by atoms with Crippen molar-refractivity contribution >= 4 is 21.4 Å². The van der Waals surface area contributed by atoms with Crippen molar-refractivity contribution < 1.29 is 9.47 Å². The summed E-state index contributed by atoms with van der Waals surface area (Å²) in [5.74, 6) is 3.53. The Balaban J connectivity index is 1.27. The summed E-state index contributed by atoms with van der Waals surface area (Å²) in [6, 6.07) is 16.8. The molecule has 2 aliphatic rings. The van der Waals surface area contributed by atoms with Crippen LogP contribution in [0.4, 0.5) is 0 Å². The van der Waals surface area contributed by atoms with Gasteiger partial charge in [-0.25, -0.2) is 0 Å². The summed E-state index contributed by atoms with van der Waals surface area (Å²) < 4.78 is 13.8. The maximum Gasteiger partial charge on any atom is 0.149 e. The second-order valence-electron chi connectivity index (χ2n) is 8.95. The molecule has 2 fully saturated rings. The van der Waals surface area contributed by atoms with Crippen molar-refractivity contribution in [3.8, 4) is 17.2 Å². The van der Waals surface area contributed by atoms with Crippen LogP contribution in [0.3, 0.4) is 0 Å². The summed E-state index contributed by atoms with van der Waals surface area (Å²) in [6.07, 6.45) is 10.6. The molecular weight excluding hydrogens is 402 g/mol. The van der Waals surface area contributed by atoms with Crippen LogP contribution in [0.2, 0.25) is 0 Å². The molecule has 0 atom stereocenters. The zero-order valence-corrected chi connectivity index (χ0v) is 19.2. The van der Waals surface area contributed by atoms with E-state index in [0.717, 1.165) is 30.4 Å². The number of fused-ring (bicyclic) bond motifs is 1. The fourth-order valence-electron chi connectivity index (χ4n) is 4.98. The van der Waals surface area contributed by atoms with Crippen LogP contribution in [-0.4, -0.2) is 31.1 Å². The van der Waals surface area contributed by atoms with Gasteiger partial charge in [-0.15, -0.1) is 11.3 Å². The van der Waals surface area contributed by atoms with E-state index in [-0.39, 0.29) is 0 Å². The van der Waals surface area contributed by atoms with Crippen LogP contribution in [0.1, 0.15) is 62.2 Å². The largest absolute Gasteiger partial charge is 0.492 e. The molecule has 4 heteroatoms. The highest BCUT2D eigenvalue weighted by Crippen LogP contribution is 2.48. The Morgan fingerprint density at radius 2 is 1.52 bits per heavy atom. The number of nitrogens with zero attached hydrogens (tertiary/aromatic N) is 1. The van der Waals surface area contributed by atoms with E-state index in [9.17, 15) is 0 Å². The van der Waals surface area contributed by atoms with Crippen molar-refractivity contribution in [1.29, 1.82) is 0 Å². The van der Waals surface area contributed by atoms with Crippen molar-refractivity contribution in [1.82, 2.24) is 4.90 Å². The molecule has 0 amide bonds. The lowest BCUT2D eigenvalue weighted by atomic mass is 9.88. The summed E-state index contributed by atoms with van der Waals surface area (Å²) in [4.78, 5) is 3.94. The van der Waals surface area contributed by atoms with Crippen LogP contribution in [0, 0.1) is 0 Å². The zero-order chi connectivity index (χ0) is 20.9. The first-order chi connectivity index (χ1) is 15.4. The van der Waals surface area contributed by atoms with Crippen LogP contribution in [0.5, 0.6) is 17.2 Å². The topological polar surface area (TPSA) is 21.7 Å². The normalized spacial score (nSPS) is 18.3. The number of benzene rings is 2. The van der Waals surface area contributed by atoms with E-state index in [1.807, 2.05) is 35.6 Å². The molecule has 3 nitrogen and oxygen atoms in total. The zero-order valence-electron chi connectivity index (χ0n) is 18.4. The number of hydrogen-bond acceptors (Lipinski definition) is 4. The first-order valence-corrected chi connectivity index (χ1v) is 12.8. The fraction of sp³-hybridized carbons (Fsp3) is 0.481. The predicted octanol–water partition coefficient (Wildman–Crippen LogP) is 7.61. The number of thiophene rings is 1. The van der Waals surface area contributed by atoms with Gasteiger partial charge in [-0.1, -0.05) is 37.8 Å². The molecule has 1 aliphatic carbocycles. The second-order valence-corrected chi connectivity index (χ2v) is 10.0. The summed E-state index contributed by atoms with van der Waals surface area (Å²) in [6.45, 7) is 4.20. The highest BCUT2D eigenvalue weighted by Gasteiger charge is 2.24. The molecule has 2 heterocycles. The van der Waals surface area contributed by atoms with Gasteiger partial charge in [-0.05, 0) is 81.1 Å². The van der Waals surface area contributed by atoms with Gasteiger partial charge < -0.3 is 9.47 Å². The van der Waals surface area contributed by atoms with Gasteiger partial charge >= 0.3 is 0 Å². The molecule has 0 bridgehead atoms.